The fourth-order valence-electron chi connectivity index (χ4n) is 7.26. The molecule has 4 amide bonds. The van der Waals surface area contributed by atoms with E-state index in [9.17, 15) is 24.0 Å². The molecule has 5 heterocycles. The molecule has 1 atom stereocenters. The van der Waals surface area contributed by atoms with Crippen molar-refractivity contribution in [1.29, 1.82) is 0 Å². The molecular formula is C39H40FN7O7. The summed E-state index contributed by atoms with van der Waals surface area (Å²) in [5.41, 5.74) is -1.01. The van der Waals surface area contributed by atoms with Crippen molar-refractivity contribution in [2.75, 3.05) is 69.6 Å². The molecule has 3 aromatic carbocycles. The van der Waals surface area contributed by atoms with Crippen molar-refractivity contribution in [3.8, 4) is 22.9 Å². The Morgan fingerprint density at radius 1 is 0.889 bits per heavy atom. The first kappa shape index (κ1) is 26.9. The number of imide groups is 2. The zero-order valence-electron chi connectivity index (χ0n) is 37.2. The predicted molar refractivity (Wildman–Crippen MR) is 198 cm³/mol. The molecule has 0 saturated carbocycles. The number of halogens is 1. The number of nitrogens with one attached hydrogen (secondary N) is 2. The molecule has 4 aliphatic heterocycles. The molecule has 0 radical (unpaired) electrons. The lowest BCUT2D eigenvalue weighted by Gasteiger charge is -2.40. The van der Waals surface area contributed by atoms with Crippen molar-refractivity contribution >= 4 is 45.9 Å². The maximum Gasteiger partial charge on any atom is 0.265 e. The van der Waals surface area contributed by atoms with Crippen LogP contribution in [0.3, 0.4) is 0 Å². The molecule has 0 spiro atoms. The van der Waals surface area contributed by atoms with E-state index in [0.717, 1.165) is 17.8 Å². The Bertz CT molecular complexity index is 2580. The molecule has 0 aliphatic carbocycles. The smallest absolute Gasteiger partial charge is 0.265 e. The van der Waals surface area contributed by atoms with Crippen LogP contribution in [-0.2, 0) is 9.59 Å². The molecule has 3 saturated heterocycles. The molecule has 4 aliphatic rings. The standard InChI is InChI=1S/C39H40FN7O7/c1-53-25-19-27-33(30(20-25)54-2)37(50)43-35(41-27)23-3-5-24(6-4-23)45-13-11-22(12-14-45)21-44-15-17-46(18-16-44)28-8-7-26-32(34(28)40)39(52)47(38(26)51)29-9-10-31(48)42-36(29)49/h3-8,19-20,22,29H,9-18,21H2,1-2H3,(H,41,43,50)(H,42,48,49)/i15D2,16D2,17D2,18D2. The number of methoxy groups -OCH3 is 2. The number of hydrogen-bond donors (Lipinski definition) is 2. The Hall–Kier alpha value is -5.83. The molecule has 54 heavy (non-hydrogen) atoms. The number of aromatic nitrogens is 2. The van der Waals surface area contributed by atoms with Gasteiger partial charge in [-0.2, -0.15) is 0 Å². The summed E-state index contributed by atoms with van der Waals surface area (Å²) in [5, 5.41) is 2.30. The van der Waals surface area contributed by atoms with Crippen molar-refractivity contribution in [2.24, 2.45) is 5.92 Å². The summed E-state index contributed by atoms with van der Waals surface area (Å²) in [5.74, 6) is -4.88. The number of rotatable bonds is 8. The number of nitrogens with zero attached hydrogens (tertiary/aromatic N) is 5. The van der Waals surface area contributed by atoms with Crippen molar-refractivity contribution < 1.29 is 44.0 Å². The number of anilines is 2. The van der Waals surface area contributed by atoms with Crippen molar-refractivity contribution in [3.05, 3.63) is 75.8 Å². The van der Waals surface area contributed by atoms with Crippen LogP contribution in [-0.4, -0.2) is 109 Å². The predicted octanol–water partition coefficient (Wildman–Crippen LogP) is 3.19. The lowest BCUT2D eigenvalue weighted by Crippen LogP contribution is -2.54. The molecule has 1 aromatic heterocycles. The third kappa shape index (κ3) is 6.31. The highest BCUT2D eigenvalue weighted by Crippen LogP contribution is 2.35. The Kier molecular flexibility index (Phi) is 7.06. The summed E-state index contributed by atoms with van der Waals surface area (Å²) < 4.78 is 99.0. The van der Waals surface area contributed by atoms with E-state index in [0.29, 0.717) is 64.1 Å². The van der Waals surface area contributed by atoms with E-state index in [4.69, 9.17) is 20.4 Å². The van der Waals surface area contributed by atoms with Crippen LogP contribution in [0.25, 0.3) is 22.3 Å². The SMILES string of the molecule is [2H]C1([2H])N(CC2CCN(c3ccc(-c4nc5cc(OC)cc(OC)c5c(=O)[nH]4)cc3)CC2)C([2H])([2H])C([2H])([2H])N(c2ccc3c(c2F)C(=O)N(C2CCC(=O)NC2=O)C3=O)C1([2H])[2H]. The number of aromatic amines is 1. The number of benzene rings is 3. The minimum atomic E-state index is -3.48. The van der Waals surface area contributed by atoms with Gasteiger partial charge in [0.15, 0.2) is 5.82 Å². The van der Waals surface area contributed by atoms with E-state index in [1.165, 1.54) is 14.2 Å². The lowest BCUT2D eigenvalue weighted by molar-refractivity contribution is -0.136. The Morgan fingerprint density at radius 2 is 1.63 bits per heavy atom. The average Bonchev–Trinajstić information content (AvgIpc) is 3.48. The minimum absolute atomic E-state index is 0.00154. The number of carbonyl (C=O) groups is 4. The number of carbonyl (C=O) groups excluding carboxylic acids is 4. The van der Waals surface area contributed by atoms with Crippen LogP contribution in [0.4, 0.5) is 15.8 Å². The molecule has 15 heteroatoms. The first-order valence-electron chi connectivity index (χ1n) is 21.3. The Labute approximate surface area is 321 Å². The number of piperazine rings is 1. The summed E-state index contributed by atoms with van der Waals surface area (Å²) in [6.45, 7) is -13.1. The van der Waals surface area contributed by atoms with E-state index >= 15 is 4.39 Å². The molecule has 4 aromatic rings. The van der Waals surface area contributed by atoms with Gasteiger partial charge in [0, 0.05) is 80.9 Å². The largest absolute Gasteiger partial charge is 0.497 e. The Morgan fingerprint density at radius 3 is 2.31 bits per heavy atom. The van der Waals surface area contributed by atoms with Crippen molar-refractivity contribution in [2.45, 2.75) is 31.7 Å². The summed E-state index contributed by atoms with van der Waals surface area (Å²) in [7, 11) is 2.94. The summed E-state index contributed by atoms with van der Waals surface area (Å²) in [6, 6.07) is 10.7. The molecular weight excluding hydrogens is 697 g/mol. The van der Waals surface area contributed by atoms with Gasteiger partial charge >= 0.3 is 0 Å². The second-order valence-electron chi connectivity index (χ2n) is 13.3. The third-order valence-electron chi connectivity index (χ3n) is 10.1. The molecule has 14 nitrogen and oxygen atoms in total. The van der Waals surface area contributed by atoms with E-state index in [1.807, 2.05) is 17.4 Å². The highest BCUT2D eigenvalue weighted by molar-refractivity contribution is 6.24. The molecule has 280 valence electrons. The topological polar surface area (TPSA) is 157 Å². The summed E-state index contributed by atoms with van der Waals surface area (Å²) >= 11 is 0. The van der Waals surface area contributed by atoms with Gasteiger partial charge in [-0.25, -0.2) is 9.37 Å². The highest BCUT2D eigenvalue weighted by atomic mass is 19.1. The maximum atomic E-state index is 16.5. The van der Waals surface area contributed by atoms with E-state index in [2.05, 4.69) is 14.9 Å². The second kappa shape index (κ2) is 14.2. The fraction of sp³-hybridized carbons (Fsp3) is 0.385. The van der Waals surface area contributed by atoms with Crippen molar-refractivity contribution in [3.63, 3.8) is 0 Å². The van der Waals surface area contributed by atoms with Crippen LogP contribution < -0.4 is 30.1 Å². The van der Waals surface area contributed by atoms with Gasteiger partial charge in [0.05, 0.1) is 42.0 Å². The number of ether oxygens (including phenoxy) is 2. The first-order valence-corrected chi connectivity index (χ1v) is 17.3. The Balaban J connectivity index is 0.992. The monoisotopic (exact) mass is 745 g/mol. The number of amides is 4. The molecule has 1 unspecified atom stereocenters. The van der Waals surface area contributed by atoms with Gasteiger partial charge in [-0.3, -0.25) is 39.1 Å². The molecule has 8 rings (SSSR count). The summed E-state index contributed by atoms with van der Waals surface area (Å²) in [6.07, 6.45) is 0.349. The number of H-pyrrole nitrogens is 1. The van der Waals surface area contributed by atoms with Gasteiger partial charge in [0.25, 0.3) is 17.4 Å². The normalized spacial score (nSPS) is 25.7. The van der Waals surface area contributed by atoms with Gasteiger partial charge in [-0.1, -0.05) is 0 Å². The first-order chi connectivity index (χ1) is 29.1. The minimum Gasteiger partial charge on any atom is -0.497 e. The van der Waals surface area contributed by atoms with Crippen LogP contribution >= 0.6 is 0 Å². The zero-order chi connectivity index (χ0) is 44.8. The van der Waals surface area contributed by atoms with Gasteiger partial charge in [0.1, 0.15) is 28.8 Å². The van der Waals surface area contributed by atoms with E-state index in [1.54, 1.807) is 24.3 Å². The zero-order valence-corrected chi connectivity index (χ0v) is 29.2. The maximum absolute atomic E-state index is 16.5. The van der Waals surface area contributed by atoms with Crippen LogP contribution in [0.1, 0.15) is 57.4 Å². The van der Waals surface area contributed by atoms with Crippen molar-refractivity contribution in [1.82, 2.24) is 25.1 Å². The van der Waals surface area contributed by atoms with Crippen LogP contribution in [0.5, 0.6) is 11.5 Å². The molecule has 3 fully saturated rings. The van der Waals surface area contributed by atoms with Gasteiger partial charge < -0.3 is 24.3 Å². The van der Waals surface area contributed by atoms with Gasteiger partial charge in [-0.05, 0) is 61.6 Å². The fourth-order valence-corrected chi connectivity index (χ4v) is 7.26. The number of piperidine rings is 2. The highest BCUT2D eigenvalue weighted by Gasteiger charge is 2.46. The lowest BCUT2D eigenvalue weighted by atomic mass is 9.95. The van der Waals surface area contributed by atoms with Gasteiger partial charge in [-0.15, -0.1) is 0 Å². The van der Waals surface area contributed by atoms with E-state index in [-0.39, 0.29) is 23.1 Å². The number of hydrogen-bond acceptors (Lipinski definition) is 11. The molecule has 2 N–H and O–H groups in total. The van der Waals surface area contributed by atoms with E-state index < -0.39 is 96.3 Å². The summed E-state index contributed by atoms with van der Waals surface area (Å²) in [4.78, 5) is 74.5. The second-order valence-corrected chi connectivity index (χ2v) is 13.3. The molecule has 0 bridgehead atoms. The van der Waals surface area contributed by atoms with Gasteiger partial charge in [0.2, 0.25) is 11.8 Å². The third-order valence-corrected chi connectivity index (χ3v) is 10.1. The quantitative estimate of drug-likeness (QED) is 0.256. The average molecular weight is 746 g/mol. The van der Waals surface area contributed by atoms with Crippen LogP contribution in [0.15, 0.2) is 53.3 Å². The van der Waals surface area contributed by atoms with Crippen LogP contribution in [0, 0.1) is 11.7 Å². The number of fused-ring (bicyclic) bond motifs is 2. The van der Waals surface area contributed by atoms with Crippen LogP contribution in [0.2, 0.25) is 0 Å².